The number of anilines is 1. The van der Waals surface area contributed by atoms with Gasteiger partial charge in [0.1, 0.15) is 17.6 Å². The molecule has 2 aromatic carbocycles. The Bertz CT molecular complexity index is 1190. The lowest BCUT2D eigenvalue weighted by Gasteiger charge is -2.18. The average molecular weight is 475 g/mol. The quantitative estimate of drug-likeness (QED) is 0.508. The zero-order valence-corrected chi connectivity index (χ0v) is 19.8. The van der Waals surface area contributed by atoms with Gasteiger partial charge in [-0.3, -0.25) is 9.29 Å². The third-order valence-electron chi connectivity index (χ3n) is 6.84. The fourth-order valence-corrected chi connectivity index (χ4v) is 5.16. The van der Waals surface area contributed by atoms with Gasteiger partial charge in [0.15, 0.2) is 0 Å². The normalized spacial score (nSPS) is 18.4. The van der Waals surface area contributed by atoms with E-state index in [1.807, 2.05) is 24.3 Å². The Hall–Kier alpha value is -3.45. The van der Waals surface area contributed by atoms with Crippen LogP contribution >= 0.6 is 0 Å². The summed E-state index contributed by atoms with van der Waals surface area (Å²) < 4.78 is 18.7. The smallest absolute Gasteiger partial charge is 0.219 e. The van der Waals surface area contributed by atoms with Gasteiger partial charge in [0.2, 0.25) is 5.95 Å². The first-order valence-corrected chi connectivity index (χ1v) is 12.3. The maximum absolute atomic E-state index is 12.5. The van der Waals surface area contributed by atoms with E-state index in [-0.39, 0.29) is 24.5 Å². The number of ether oxygens (including phenoxy) is 1. The number of nitrogen functional groups attached to an aromatic ring is 1. The minimum Gasteiger partial charge on any atom is -0.508 e. The Morgan fingerprint density at radius 1 is 1.06 bits per heavy atom. The number of hydrogen-bond acceptors (Lipinski definition) is 6. The number of hydrogen-bond donors (Lipinski definition) is 2. The number of benzene rings is 2. The van der Waals surface area contributed by atoms with Crippen molar-refractivity contribution in [2.24, 2.45) is 0 Å². The number of rotatable bonds is 7. The van der Waals surface area contributed by atoms with E-state index >= 15 is 0 Å². The summed E-state index contributed by atoms with van der Waals surface area (Å²) in [6.45, 7) is 2.31. The van der Waals surface area contributed by atoms with Crippen molar-refractivity contribution >= 4 is 17.1 Å². The number of aromatic nitrogens is 2. The van der Waals surface area contributed by atoms with Crippen LogP contribution in [0, 0.1) is 0 Å². The maximum Gasteiger partial charge on any atom is 0.219 e. The maximum atomic E-state index is 12.5. The van der Waals surface area contributed by atoms with Gasteiger partial charge < -0.3 is 15.6 Å². The molecule has 0 radical (unpaired) electrons. The molecule has 7 heteroatoms. The van der Waals surface area contributed by atoms with Crippen LogP contribution in [0.5, 0.6) is 11.5 Å². The standard InChI is InChI=1S/C28H31FN4O2/c29-12-2-13-33-14-11-24(18-33)35-23-8-5-19(6-9-23)27-25(21-16-31-28(30)32-17-21)4-1-3-20-15-22(34)7-10-26(20)27/h5-10,15-17,24,34H,1-4,11-14,18H2,(H2,30,31,32)/t24-/m0/s1. The van der Waals surface area contributed by atoms with Gasteiger partial charge in [-0.05, 0) is 84.2 Å². The lowest BCUT2D eigenvalue weighted by Crippen LogP contribution is -2.26. The highest BCUT2D eigenvalue weighted by Gasteiger charge is 2.24. The number of phenols is 1. The molecule has 1 atom stereocenters. The molecule has 1 aliphatic heterocycles. The van der Waals surface area contributed by atoms with E-state index in [9.17, 15) is 9.50 Å². The van der Waals surface area contributed by atoms with Crippen molar-refractivity contribution in [3.63, 3.8) is 0 Å². The van der Waals surface area contributed by atoms with Crippen LogP contribution in [0.4, 0.5) is 10.3 Å². The van der Waals surface area contributed by atoms with Gasteiger partial charge in [-0.2, -0.15) is 0 Å². The van der Waals surface area contributed by atoms with Crippen LogP contribution in [0.2, 0.25) is 0 Å². The van der Waals surface area contributed by atoms with Gasteiger partial charge in [-0.25, -0.2) is 9.97 Å². The van der Waals surface area contributed by atoms with Gasteiger partial charge >= 0.3 is 0 Å². The molecule has 0 bridgehead atoms. The predicted octanol–water partition coefficient (Wildman–Crippen LogP) is 4.87. The zero-order valence-electron chi connectivity index (χ0n) is 19.8. The van der Waals surface area contributed by atoms with Gasteiger partial charge in [-0.15, -0.1) is 0 Å². The van der Waals surface area contributed by atoms with E-state index in [0.29, 0.717) is 6.42 Å². The van der Waals surface area contributed by atoms with E-state index < -0.39 is 0 Å². The third-order valence-corrected chi connectivity index (χ3v) is 6.84. The van der Waals surface area contributed by atoms with E-state index in [1.54, 1.807) is 18.5 Å². The fourth-order valence-electron chi connectivity index (χ4n) is 5.16. The second-order valence-corrected chi connectivity index (χ2v) is 9.27. The number of nitrogens with zero attached hydrogens (tertiary/aromatic N) is 3. The molecule has 35 heavy (non-hydrogen) atoms. The Balaban J connectivity index is 1.46. The number of nitrogens with two attached hydrogens (primary N) is 1. The van der Waals surface area contributed by atoms with Crippen molar-refractivity contribution in [1.82, 2.24) is 14.9 Å². The number of aromatic hydroxyl groups is 1. The van der Waals surface area contributed by atoms with Crippen LogP contribution in [0.3, 0.4) is 0 Å². The molecule has 3 aromatic rings. The van der Waals surface area contributed by atoms with Gasteiger partial charge in [0.05, 0.1) is 6.67 Å². The highest BCUT2D eigenvalue weighted by atomic mass is 19.1. The molecule has 1 aliphatic carbocycles. The molecule has 0 saturated carbocycles. The van der Waals surface area contributed by atoms with Crippen LogP contribution in [-0.4, -0.2) is 52.4 Å². The molecule has 3 N–H and O–H groups in total. The Kier molecular flexibility index (Phi) is 6.95. The number of aryl methyl sites for hydroxylation is 1. The van der Waals surface area contributed by atoms with Crippen molar-refractivity contribution in [3.05, 3.63) is 77.1 Å². The molecule has 1 aromatic heterocycles. The summed E-state index contributed by atoms with van der Waals surface area (Å²) >= 11 is 0. The lowest BCUT2D eigenvalue weighted by atomic mass is 9.88. The van der Waals surface area contributed by atoms with E-state index in [1.165, 1.54) is 5.57 Å². The second kappa shape index (κ2) is 10.4. The minimum absolute atomic E-state index is 0.128. The summed E-state index contributed by atoms with van der Waals surface area (Å²) in [5.41, 5.74) is 12.3. The molecule has 5 rings (SSSR count). The van der Waals surface area contributed by atoms with Crippen molar-refractivity contribution in [2.45, 2.75) is 38.2 Å². The van der Waals surface area contributed by atoms with Crippen molar-refractivity contribution in [1.29, 1.82) is 0 Å². The fraction of sp³-hybridized carbons (Fsp3) is 0.357. The van der Waals surface area contributed by atoms with E-state index in [0.717, 1.165) is 78.9 Å². The molecule has 2 aliphatic rings. The highest BCUT2D eigenvalue weighted by Crippen LogP contribution is 2.40. The number of halogens is 1. The largest absolute Gasteiger partial charge is 0.508 e. The number of likely N-dealkylation sites (tertiary alicyclic amines) is 1. The number of phenolic OH excluding ortho intramolecular Hbond substituents is 1. The van der Waals surface area contributed by atoms with Crippen LogP contribution in [-0.2, 0) is 6.42 Å². The molecule has 6 nitrogen and oxygen atoms in total. The Labute approximate surface area is 205 Å². The molecule has 1 fully saturated rings. The monoisotopic (exact) mass is 474 g/mol. The SMILES string of the molecule is Nc1ncc(C2=C(c3ccc(O[C@H]4CCN(CCCF)C4)cc3)c3ccc(O)cc3CCC2)cn1. The first-order valence-electron chi connectivity index (χ1n) is 12.3. The topological polar surface area (TPSA) is 84.5 Å². The number of alkyl halides is 1. The molecular weight excluding hydrogens is 443 g/mol. The predicted molar refractivity (Wildman–Crippen MR) is 136 cm³/mol. The van der Waals surface area contributed by atoms with E-state index in [4.69, 9.17) is 10.5 Å². The zero-order chi connectivity index (χ0) is 24.2. The molecule has 182 valence electrons. The van der Waals surface area contributed by atoms with Crippen LogP contribution in [0.1, 0.15) is 47.9 Å². The molecule has 2 heterocycles. The Morgan fingerprint density at radius 2 is 1.86 bits per heavy atom. The summed E-state index contributed by atoms with van der Waals surface area (Å²) in [5.74, 6) is 1.37. The lowest BCUT2D eigenvalue weighted by molar-refractivity contribution is 0.198. The van der Waals surface area contributed by atoms with Crippen LogP contribution in [0.25, 0.3) is 11.1 Å². The molecule has 0 unspecified atom stereocenters. The first-order chi connectivity index (χ1) is 17.1. The van der Waals surface area contributed by atoms with Gasteiger partial charge in [0, 0.05) is 37.6 Å². The molecular formula is C28H31FN4O2. The summed E-state index contributed by atoms with van der Waals surface area (Å²) in [5, 5.41) is 10.1. The van der Waals surface area contributed by atoms with Crippen molar-refractivity contribution in [2.75, 3.05) is 32.0 Å². The molecule has 1 saturated heterocycles. The van der Waals surface area contributed by atoms with Crippen molar-refractivity contribution < 1.29 is 14.2 Å². The van der Waals surface area contributed by atoms with E-state index in [2.05, 4.69) is 27.0 Å². The van der Waals surface area contributed by atoms with Crippen molar-refractivity contribution in [3.8, 4) is 11.5 Å². The van der Waals surface area contributed by atoms with Crippen LogP contribution < -0.4 is 10.5 Å². The van der Waals surface area contributed by atoms with Gasteiger partial charge in [0.25, 0.3) is 0 Å². The Morgan fingerprint density at radius 3 is 2.63 bits per heavy atom. The highest BCUT2D eigenvalue weighted by molar-refractivity contribution is 5.99. The minimum atomic E-state index is -0.271. The average Bonchev–Trinajstić information content (AvgIpc) is 3.22. The summed E-state index contributed by atoms with van der Waals surface area (Å²) in [6.07, 6.45) is 7.95. The molecule has 0 spiro atoms. The van der Waals surface area contributed by atoms with Gasteiger partial charge in [-0.1, -0.05) is 18.2 Å². The molecule has 0 amide bonds. The van der Waals surface area contributed by atoms with Crippen LogP contribution in [0.15, 0.2) is 54.9 Å². The number of allylic oxidation sites excluding steroid dienone is 1. The summed E-state index contributed by atoms with van der Waals surface area (Å²) in [6, 6.07) is 13.8. The summed E-state index contributed by atoms with van der Waals surface area (Å²) in [4.78, 5) is 10.7. The summed E-state index contributed by atoms with van der Waals surface area (Å²) in [7, 11) is 0. The third kappa shape index (κ3) is 5.30. The number of fused-ring (bicyclic) bond motifs is 1. The first kappa shape index (κ1) is 23.3. The second-order valence-electron chi connectivity index (χ2n) is 9.27.